The number of carboxylic acid groups (broad SMARTS) is 1. The average Bonchev–Trinajstić information content (AvgIpc) is 2.15. The van der Waals surface area contributed by atoms with Gasteiger partial charge in [0, 0.05) is 0 Å². The van der Waals surface area contributed by atoms with Gasteiger partial charge in [-0.2, -0.15) is 0 Å². The Balaban J connectivity index is 3.41. The highest BCUT2D eigenvalue weighted by Gasteiger charge is 2.16. The van der Waals surface area contributed by atoms with Gasteiger partial charge in [0.05, 0.1) is 11.6 Å². The quantitative estimate of drug-likeness (QED) is 0.485. The van der Waals surface area contributed by atoms with Crippen LogP contribution in [0, 0.1) is 12.7 Å². The van der Waals surface area contributed by atoms with Gasteiger partial charge in [-0.25, -0.2) is 14.2 Å². The van der Waals surface area contributed by atoms with Crippen LogP contribution in [0.25, 0.3) is 0 Å². The second-order valence-corrected chi connectivity index (χ2v) is 3.45. The maximum atomic E-state index is 13.4. The van der Waals surface area contributed by atoms with Crippen LogP contribution in [0.1, 0.15) is 15.9 Å². The van der Waals surface area contributed by atoms with Crippen LogP contribution in [0.4, 0.5) is 10.1 Å². The second-order valence-electron chi connectivity index (χ2n) is 3.18. The minimum absolute atomic E-state index is 0.0249. The van der Waals surface area contributed by atoms with Gasteiger partial charge in [-0.1, -0.05) is 0 Å². The van der Waals surface area contributed by atoms with Crippen molar-refractivity contribution in [2.24, 2.45) is 10.7 Å². The van der Waals surface area contributed by atoms with Gasteiger partial charge >= 0.3 is 5.97 Å². The number of alkyl halides is 1. The van der Waals surface area contributed by atoms with Crippen molar-refractivity contribution in [1.29, 1.82) is 0 Å². The molecule has 6 heteroatoms. The van der Waals surface area contributed by atoms with E-state index in [0.717, 1.165) is 6.07 Å². The molecule has 16 heavy (non-hydrogen) atoms. The number of hydrogen-bond acceptors (Lipinski definition) is 2. The van der Waals surface area contributed by atoms with Gasteiger partial charge < -0.3 is 10.8 Å². The van der Waals surface area contributed by atoms with Gasteiger partial charge in [0.15, 0.2) is 0 Å². The number of halogens is 2. The largest absolute Gasteiger partial charge is 0.478 e. The van der Waals surface area contributed by atoms with Crippen molar-refractivity contribution in [3.05, 3.63) is 29.1 Å². The normalized spacial score (nSPS) is 11.6. The summed E-state index contributed by atoms with van der Waals surface area (Å²) in [6.45, 7) is 1.63. The highest BCUT2D eigenvalue weighted by atomic mass is 35.5. The summed E-state index contributed by atoms with van der Waals surface area (Å²) < 4.78 is 13.4. The van der Waals surface area contributed by atoms with Crippen LogP contribution in [0.5, 0.6) is 0 Å². The number of carboxylic acids is 1. The van der Waals surface area contributed by atoms with Gasteiger partial charge in [0.25, 0.3) is 0 Å². The van der Waals surface area contributed by atoms with Crippen molar-refractivity contribution in [2.45, 2.75) is 6.92 Å². The number of hydrogen-bond donors (Lipinski definition) is 2. The van der Waals surface area contributed by atoms with E-state index in [1.165, 1.54) is 6.07 Å². The molecule has 3 N–H and O–H groups in total. The fourth-order valence-corrected chi connectivity index (χ4v) is 1.27. The minimum atomic E-state index is -1.39. The zero-order valence-corrected chi connectivity index (χ0v) is 9.25. The Morgan fingerprint density at radius 3 is 2.75 bits per heavy atom. The van der Waals surface area contributed by atoms with Crippen molar-refractivity contribution in [3.8, 4) is 0 Å². The van der Waals surface area contributed by atoms with Crippen LogP contribution in [0.15, 0.2) is 17.1 Å². The van der Waals surface area contributed by atoms with Crippen molar-refractivity contribution in [1.82, 2.24) is 0 Å². The molecule has 1 rings (SSSR count). The summed E-state index contributed by atoms with van der Waals surface area (Å²) >= 11 is 5.42. The van der Waals surface area contributed by atoms with Gasteiger partial charge in [0.1, 0.15) is 17.2 Å². The van der Waals surface area contributed by atoms with E-state index < -0.39 is 17.3 Å². The van der Waals surface area contributed by atoms with E-state index in [1.54, 1.807) is 6.92 Å². The predicted octanol–water partition coefficient (Wildman–Crippen LogP) is 2.06. The number of aryl methyl sites for hydroxylation is 1. The monoisotopic (exact) mass is 244 g/mol. The van der Waals surface area contributed by atoms with Crippen LogP contribution in [-0.4, -0.2) is 22.8 Å². The molecule has 0 atom stereocenters. The van der Waals surface area contributed by atoms with Crippen LogP contribution in [0.3, 0.4) is 0 Å². The Morgan fingerprint density at radius 2 is 2.25 bits per heavy atom. The predicted molar refractivity (Wildman–Crippen MR) is 60.1 cm³/mol. The Bertz CT molecular complexity index is 460. The fraction of sp³-hybridized carbons (Fsp3) is 0.200. The Labute approximate surface area is 96.6 Å². The molecular weight excluding hydrogens is 235 g/mol. The van der Waals surface area contributed by atoms with E-state index in [9.17, 15) is 9.18 Å². The molecule has 0 spiro atoms. The second kappa shape index (κ2) is 4.94. The molecule has 0 bridgehead atoms. The van der Waals surface area contributed by atoms with Gasteiger partial charge in [-0.15, -0.1) is 11.6 Å². The molecule has 0 aliphatic rings. The maximum Gasteiger partial charge on any atom is 0.340 e. The third kappa shape index (κ3) is 2.70. The van der Waals surface area contributed by atoms with Crippen molar-refractivity contribution < 1.29 is 14.3 Å². The number of amidine groups is 1. The summed E-state index contributed by atoms with van der Waals surface area (Å²) in [5, 5.41) is 8.84. The molecule has 86 valence electrons. The number of nitrogens with two attached hydrogens (primary N) is 1. The molecule has 4 nitrogen and oxygen atoms in total. The molecule has 0 aromatic heterocycles. The Kier molecular flexibility index (Phi) is 3.84. The van der Waals surface area contributed by atoms with E-state index in [2.05, 4.69) is 4.99 Å². The van der Waals surface area contributed by atoms with E-state index in [-0.39, 0.29) is 17.4 Å². The number of benzene rings is 1. The molecule has 0 saturated carbocycles. The molecule has 1 aromatic rings. The number of nitrogens with zero attached hydrogens (tertiary/aromatic N) is 1. The lowest BCUT2D eigenvalue weighted by Crippen LogP contribution is -2.13. The van der Waals surface area contributed by atoms with Gasteiger partial charge in [-0.05, 0) is 24.6 Å². The minimum Gasteiger partial charge on any atom is -0.478 e. The first-order valence-corrected chi connectivity index (χ1v) is 4.91. The van der Waals surface area contributed by atoms with E-state index in [1.807, 2.05) is 0 Å². The van der Waals surface area contributed by atoms with Gasteiger partial charge in [0.2, 0.25) is 0 Å². The van der Waals surface area contributed by atoms with Crippen molar-refractivity contribution in [2.75, 3.05) is 5.88 Å². The summed E-state index contributed by atoms with van der Waals surface area (Å²) in [5.74, 6) is -2.24. The smallest absolute Gasteiger partial charge is 0.340 e. The molecule has 0 saturated heterocycles. The summed E-state index contributed by atoms with van der Waals surface area (Å²) in [6, 6.07) is 2.56. The Hall–Kier alpha value is -1.62. The lowest BCUT2D eigenvalue weighted by atomic mass is 10.1. The number of aromatic carboxylic acids is 1. The molecule has 0 radical (unpaired) electrons. The van der Waals surface area contributed by atoms with E-state index >= 15 is 0 Å². The molecular formula is C10H10ClFN2O2. The first kappa shape index (κ1) is 12.4. The third-order valence-electron chi connectivity index (χ3n) is 1.83. The van der Waals surface area contributed by atoms with Crippen molar-refractivity contribution in [3.63, 3.8) is 0 Å². The van der Waals surface area contributed by atoms with Crippen molar-refractivity contribution >= 4 is 29.1 Å². The zero-order chi connectivity index (χ0) is 12.3. The number of carbonyl (C=O) groups is 1. The highest BCUT2D eigenvalue weighted by Crippen LogP contribution is 2.24. The molecule has 0 heterocycles. The number of rotatable bonds is 3. The lowest BCUT2D eigenvalue weighted by Gasteiger charge is -2.05. The third-order valence-corrected chi connectivity index (χ3v) is 2.10. The molecule has 0 aliphatic heterocycles. The van der Waals surface area contributed by atoms with E-state index in [4.69, 9.17) is 22.4 Å². The SMILES string of the molecule is Cc1cc(F)c(C(=O)O)c(N=C(N)CCl)c1. The van der Waals surface area contributed by atoms with Gasteiger partial charge in [-0.3, -0.25) is 0 Å². The highest BCUT2D eigenvalue weighted by molar-refractivity contribution is 6.28. The van der Waals surface area contributed by atoms with Crippen LogP contribution < -0.4 is 5.73 Å². The first-order chi connectivity index (χ1) is 7.45. The molecule has 0 fully saturated rings. The molecule has 0 amide bonds. The zero-order valence-electron chi connectivity index (χ0n) is 8.50. The van der Waals surface area contributed by atoms with Crippen LogP contribution in [0.2, 0.25) is 0 Å². The number of aliphatic imine (C=N–C) groups is 1. The topological polar surface area (TPSA) is 75.7 Å². The summed E-state index contributed by atoms with van der Waals surface area (Å²) in [7, 11) is 0. The summed E-state index contributed by atoms with van der Waals surface area (Å²) in [4.78, 5) is 14.6. The molecule has 0 aliphatic carbocycles. The first-order valence-electron chi connectivity index (χ1n) is 4.38. The van der Waals surface area contributed by atoms with Crippen LogP contribution >= 0.6 is 11.6 Å². The van der Waals surface area contributed by atoms with Crippen LogP contribution in [-0.2, 0) is 0 Å². The standard InChI is InChI=1S/C10H10ClFN2O2/c1-5-2-6(12)9(10(15)16)7(3-5)14-8(13)4-11/h2-3H,4H2,1H3,(H2,13,14)(H,15,16). The lowest BCUT2D eigenvalue weighted by molar-refractivity contribution is 0.0693. The Morgan fingerprint density at radius 1 is 1.62 bits per heavy atom. The molecule has 1 aromatic carbocycles. The maximum absolute atomic E-state index is 13.4. The summed E-state index contributed by atoms with van der Waals surface area (Å²) in [6.07, 6.45) is 0. The fourth-order valence-electron chi connectivity index (χ4n) is 1.21. The molecule has 0 unspecified atom stereocenters. The average molecular weight is 245 g/mol. The summed E-state index contributed by atoms with van der Waals surface area (Å²) in [5.41, 5.74) is 5.41. The van der Waals surface area contributed by atoms with E-state index in [0.29, 0.717) is 5.56 Å².